The molecule has 6 nitrogen and oxygen atoms in total. The monoisotopic (exact) mass is 491 g/mol. The fourth-order valence-corrected chi connectivity index (χ4v) is 4.95. The van der Waals surface area contributed by atoms with Crippen molar-refractivity contribution < 1.29 is 26.5 Å². The Morgan fingerprint density at radius 2 is 1.76 bits per heavy atom. The van der Waals surface area contributed by atoms with Crippen molar-refractivity contribution in [1.82, 2.24) is 4.90 Å². The van der Waals surface area contributed by atoms with Gasteiger partial charge in [-0.2, -0.15) is 8.42 Å². The number of halogens is 2. The molecule has 0 bridgehead atoms. The molecule has 3 aromatic rings. The summed E-state index contributed by atoms with van der Waals surface area (Å²) >= 11 is 6.06. The van der Waals surface area contributed by atoms with Crippen LogP contribution in [0, 0.1) is 12.7 Å². The molecule has 0 aliphatic heterocycles. The SMILES string of the molecule is COCCN(Cc1ccc(OS(=O)(=O)c2c(C)cccc2Cl)cc1)C(=O)c1cccc(F)c1. The average molecular weight is 492 g/mol. The van der Waals surface area contributed by atoms with Crippen molar-refractivity contribution in [3.05, 3.63) is 94.3 Å². The number of hydrogen-bond donors (Lipinski definition) is 0. The van der Waals surface area contributed by atoms with Crippen molar-refractivity contribution in [2.75, 3.05) is 20.3 Å². The maximum Gasteiger partial charge on any atom is 0.340 e. The number of rotatable bonds is 9. The zero-order chi connectivity index (χ0) is 24.0. The highest BCUT2D eigenvalue weighted by Gasteiger charge is 2.23. The molecule has 0 saturated heterocycles. The minimum Gasteiger partial charge on any atom is -0.383 e. The summed E-state index contributed by atoms with van der Waals surface area (Å²) in [6, 6.07) is 16.6. The second-order valence-corrected chi connectivity index (χ2v) is 9.19. The summed E-state index contributed by atoms with van der Waals surface area (Å²) < 4.78 is 49.3. The van der Waals surface area contributed by atoms with E-state index in [4.69, 9.17) is 20.5 Å². The standard InChI is InChI=1S/C24H23ClFNO5S/c1-17-5-3-8-22(25)23(17)33(29,30)32-21-11-9-18(10-12-21)16-27(13-14-31-2)24(28)19-6-4-7-20(26)15-19/h3-12,15H,13-14,16H2,1-2H3. The van der Waals surface area contributed by atoms with E-state index >= 15 is 0 Å². The number of methoxy groups -OCH3 is 1. The van der Waals surface area contributed by atoms with Gasteiger partial charge >= 0.3 is 10.1 Å². The number of benzene rings is 3. The molecular weight excluding hydrogens is 469 g/mol. The Hall–Kier alpha value is -2.94. The highest BCUT2D eigenvalue weighted by atomic mass is 35.5. The van der Waals surface area contributed by atoms with Crippen molar-refractivity contribution in [3.63, 3.8) is 0 Å². The van der Waals surface area contributed by atoms with Crippen LogP contribution in [0.2, 0.25) is 5.02 Å². The first-order valence-electron chi connectivity index (χ1n) is 10.0. The lowest BCUT2D eigenvalue weighted by molar-refractivity contribution is 0.0680. The fraction of sp³-hybridized carbons (Fsp3) is 0.208. The summed E-state index contributed by atoms with van der Waals surface area (Å²) in [5, 5.41) is 0.0799. The summed E-state index contributed by atoms with van der Waals surface area (Å²) in [6.07, 6.45) is 0. The van der Waals surface area contributed by atoms with Crippen LogP contribution in [0.5, 0.6) is 5.75 Å². The first kappa shape index (κ1) is 24.7. The molecule has 0 unspecified atom stereocenters. The average Bonchev–Trinajstić information content (AvgIpc) is 2.77. The van der Waals surface area contributed by atoms with E-state index in [0.29, 0.717) is 18.7 Å². The van der Waals surface area contributed by atoms with Gasteiger partial charge in [0.2, 0.25) is 0 Å². The number of aryl methyl sites for hydroxylation is 1. The maximum atomic E-state index is 13.6. The van der Waals surface area contributed by atoms with Crippen molar-refractivity contribution in [3.8, 4) is 5.75 Å². The van der Waals surface area contributed by atoms with Gasteiger partial charge in [0.05, 0.1) is 11.6 Å². The van der Waals surface area contributed by atoms with E-state index in [-0.39, 0.29) is 33.7 Å². The first-order valence-corrected chi connectivity index (χ1v) is 11.8. The third-order valence-electron chi connectivity index (χ3n) is 4.84. The van der Waals surface area contributed by atoms with Crippen LogP contribution in [-0.2, 0) is 21.4 Å². The molecule has 0 saturated carbocycles. The Bertz CT molecular complexity index is 1210. The van der Waals surface area contributed by atoms with Gasteiger partial charge in [0.15, 0.2) is 0 Å². The van der Waals surface area contributed by atoms with Gasteiger partial charge in [0, 0.05) is 25.8 Å². The van der Waals surface area contributed by atoms with Crippen LogP contribution in [0.1, 0.15) is 21.5 Å². The Morgan fingerprint density at radius 3 is 2.39 bits per heavy atom. The number of carbonyl (C=O) groups is 1. The van der Waals surface area contributed by atoms with Gasteiger partial charge in [-0.05, 0) is 54.4 Å². The van der Waals surface area contributed by atoms with Gasteiger partial charge in [-0.15, -0.1) is 0 Å². The fourth-order valence-electron chi connectivity index (χ4n) is 3.23. The molecule has 3 rings (SSSR count). The second kappa shape index (κ2) is 10.8. The van der Waals surface area contributed by atoms with E-state index < -0.39 is 15.9 Å². The van der Waals surface area contributed by atoms with Crippen LogP contribution >= 0.6 is 11.6 Å². The van der Waals surface area contributed by atoms with E-state index in [1.165, 1.54) is 48.4 Å². The minimum absolute atomic E-state index is 0.0799. The summed E-state index contributed by atoms with van der Waals surface area (Å²) in [5.41, 5.74) is 1.44. The number of amides is 1. The van der Waals surface area contributed by atoms with Gasteiger partial charge in [-0.3, -0.25) is 4.79 Å². The lowest BCUT2D eigenvalue weighted by atomic mass is 10.1. The predicted molar refractivity (Wildman–Crippen MR) is 123 cm³/mol. The number of ether oxygens (including phenoxy) is 1. The highest BCUT2D eigenvalue weighted by molar-refractivity contribution is 7.87. The summed E-state index contributed by atoms with van der Waals surface area (Å²) in [7, 11) is -2.60. The van der Waals surface area contributed by atoms with E-state index in [1.807, 2.05) is 0 Å². The minimum atomic E-state index is -4.12. The molecule has 0 heterocycles. The lowest BCUT2D eigenvalue weighted by Gasteiger charge is -2.23. The molecule has 0 spiro atoms. The van der Waals surface area contributed by atoms with Crippen LogP contribution in [-0.4, -0.2) is 39.5 Å². The lowest BCUT2D eigenvalue weighted by Crippen LogP contribution is -2.33. The zero-order valence-corrected chi connectivity index (χ0v) is 19.7. The van der Waals surface area contributed by atoms with Gasteiger partial charge in [0.25, 0.3) is 5.91 Å². The molecule has 1 amide bonds. The largest absolute Gasteiger partial charge is 0.383 e. The van der Waals surface area contributed by atoms with Crippen LogP contribution in [0.3, 0.4) is 0 Å². The Morgan fingerprint density at radius 1 is 1.06 bits per heavy atom. The number of carbonyl (C=O) groups excluding carboxylic acids is 1. The Balaban J connectivity index is 1.77. The Labute approximate surface area is 197 Å². The van der Waals surface area contributed by atoms with Crippen molar-refractivity contribution in [1.29, 1.82) is 0 Å². The normalized spacial score (nSPS) is 11.3. The van der Waals surface area contributed by atoms with Crippen LogP contribution < -0.4 is 4.18 Å². The third kappa shape index (κ3) is 6.31. The topological polar surface area (TPSA) is 72.9 Å². The summed E-state index contributed by atoms with van der Waals surface area (Å²) in [6.45, 7) is 2.45. The molecule has 0 fully saturated rings. The van der Waals surface area contributed by atoms with E-state index in [1.54, 1.807) is 37.3 Å². The molecule has 0 atom stereocenters. The van der Waals surface area contributed by atoms with Crippen molar-refractivity contribution in [2.45, 2.75) is 18.4 Å². The number of hydrogen-bond acceptors (Lipinski definition) is 5. The van der Waals surface area contributed by atoms with Gasteiger partial charge in [-0.1, -0.05) is 41.9 Å². The molecular formula is C24H23ClFNO5S. The zero-order valence-electron chi connectivity index (χ0n) is 18.1. The third-order valence-corrected chi connectivity index (χ3v) is 6.72. The molecule has 0 aromatic heterocycles. The summed E-state index contributed by atoms with van der Waals surface area (Å²) in [5.74, 6) is -0.731. The molecule has 3 aromatic carbocycles. The highest BCUT2D eigenvalue weighted by Crippen LogP contribution is 2.28. The second-order valence-electron chi connectivity index (χ2n) is 7.30. The number of nitrogens with zero attached hydrogens (tertiary/aromatic N) is 1. The van der Waals surface area contributed by atoms with Crippen LogP contribution in [0.25, 0.3) is 0 Å². The van der Waals surface area contributed by atoms with Crippen LogP contribution in [0.4, 0.5) is 4.39 Å². The van der Waals surface area contributed by atoms with Gasteiger partial charge in [-0.25, -0.2) is 4.39 Å². The quantitative estimate of drug-likeness (QED) is 0.400. The van der Waals surface area contributed by atoms with E-state index in [0.717, 1.165) is 5.56 Å². The predicted octanol–water partition coefficient (Wildman–Crippen LogP) is 4.84. The molecule has 0 N–H and O–H groups in total. The summed E-state index contributed by atoms with van der Waals surface area (Å²) in [4.78, 5) is 14.3. The molecule has 0 radical (unpaired) electrons. The van der Waals surface area contributed by atoms with Crippen LogP contribution in [0.15, 0.2) is 71.6 Å². The molecule has 0 aliphatic carbocycles. The van der Waals surface area contributed by atoms with Crippen molar-refractivity contribution in [2.24, 2.45) is 0 Å². The van der Waals surface area contributed by atoms with Gasteiger partial charge < -0.3 is 13.8 Å². The van der Waals surface area contributed by atoms with Crippen molar-refractivity contribution >= 4 is 27.6 Å². The molecule has 33 heavy (non-hydrogen) atoms. The Kier molecular flexibility index (Phi) is 8.07. The molecule has 0 aliphatic rings. The maximum absolute atomic E-state index is 13.6. The smallest absolute Gasteiger partial charge is 0.340 e. The molecule has 174 valence electrons. The van der Waals surface area contributed by atoms with E-state index in [9.17, 15) is 17.6 Å². The van der Waals surface area contributed by atoms with Gasteiger partial charge in [0.1, 0.15) is 16.5 Å². The first-order chi connectivity index (χ1) is 15.7. The van der Waals surface area contributed by atoms with E-state index in [2.05, 4.69) is 0 Å². The molecule has 9 heteroatoms.